The Labute approximate surface area is 183 Å². The average molecular weight is 513 g/mol. The Morgan fingerprint density at radius 2 is 1.18 bits per heavy atom. The van der Waals surface area contributed by atoms with E-state index in [1.807, 2.05) is 0 Å². The van der Waals surface area contributed by atoms with Gasteiger partial charge in [0.2, 0.25) is 0 Å². The van der Waals surface area contributed by atoms with Gasteiger partial charge in [-0.2, -0.15) is 0 Å². The minimum Gasteiger partial charge on any atom is -0.463 e. The second-order valence-corrected chi connectivity index (χ2v) is 48.3. The summed E-state index contributed by atoms with van der Waals surface area (Å²) in [5, 5.41) is 0. The molecule has 12 heteroatoms. The molecule has 0 aromatic heterocycles. The highest BCUT2D eigenvalue weighted by atomic mass is 29.9. The minimum atomic E-state index is -2.00. The average Bonchev–Trinajstić information content (AvgIpc) is 2.53. The summed E-state index contributed by atoms with van der Waals surface area (Å²) in [7, 11) is -7.43. The molecule has 0 saturated carbocycles. The van der Waals surface area contributed by atoms with Crippen molar-refractivity contribution in [1.82, 2.24) is 0 Å². The van der Waals surface area contributed by atoms with E-state index in [1.165, 1.54) is 0 Å². The number of carbonyl (C=O) groups is 1. The molecule has 0 aromatic carbocycles. The van der Waals surface area contributed by atoms with E-state index in [4.69, 9.17) is 17.1 Å². The van der Waals surface area contributed by atoms with Gasteiger partial charge in [-0.3, -0.25) is 0 Å². The molecule has 0 aliphatic heterocycles. The van der Waals surface area contributed by atoms with E-state index in [1.54, 1.807) is 6.92 Å². The Morgan fingerprint density at radius 1 is 0.821 bits per heavy atom. The summed E-state index contributed by atoms with van der Waals surface area (Å²) >= 11 is 0. The van der Waals surface area contributed by atoms with Gasteiger partial charge in [0.15, 0.2) is 23.5 Å². The highest BCUT2D eigenvalue weighted by molar-refractivity contribution is 7.87. The van der Waals surface area contributed by atoms with Gasteiger partial charge >= 0.3 is 5.97 Å². The highest BCUT2D eigenvalue weighted by Crippen LogP contribution is 2.42. The lowest BCUT2D eigenvalue weighted by Gasteiger charge is -2.58. The first-order valence-corrected chi connectivity index (χ1v) is 30.4. The quantitative estimate of drug-likeness (QED) is 0.155. The third-order valence-corrected chi connectivity index (χ3v) is 82.4. The Bertz CT molecular complexity index is 480. The summed E-state index contributed by atoms with van der Waals surface area (Å²) in [6, 6.07) is 1.10. The van der Waals surface area contributed by atoms with Crippen molar-refractivity contribution >= 4 is 65.4 Å². The fourth-order valence-electron chi connectivity index (χ4n) is 5.16. The van der Waals surface area contributed by atoms with Crippen LogP contribution in [0.2, 0.25) is 65.0 Å². The zero-order valence-electron chi connectivity index (χ0n) is 20.0. The van der Waals surface area contributed by atoms with Gasteiger partial charge < -0.3 is 17.1 Å². The molecule has 0 aromatic rings. The van der Waals surface area contributed by atoms with Gasteiger partial charge in [0, 0.05) is 5.57 Å². The molecule has 166 valence electrons. The first kappa shape index (κ1) is 28.6. The van der Waals surface area contributed by atoms with Crippen LogP contribution in [0, 0.1) is 0 Å². The third-order valence-electron chi connectivity index (χ3n) is 5.88. The smallest absolute Gasteiger partial charge is 0.333 e. The molecule has 0 spiro atoms. The standard InChI is InChI=1S/C16H44O5Si7/c1-15(2)16(17)18-13-12-14-28(25(6,7)19-22-3,26(8,9)20-23-4)27(10,11)21-24-5/h1,12-14,22-24H2,2-11H3. The minimum absolute atomic E-state index is 0.288. The van der Waals surface area contributed by atoms with Gasteiger partial charge in [-0.15, -0.1) is 0 Å². The van der Waals surface area contributed by atoms with Crippen molar-refractivity contribution in [3.8, 4) is 0 Å². The summed E-state index contributed by atoms with van der Waals surface area (Å²) < 4.78 is 25.7. The van der Waals surface area contributed by atoms with Gasteiger partial charge in [0.1, 0.15) is 35.9 Å². The van der Waals surface area contributed by atoms with Gasteiger partial charge in [0.05, 0.1) is 6.61 Å². The van der Waals surface area contributed by atoms with Crippen molar-refractivity contribution in [2.75, 3.05) is 6.61 Å². The number of hydrogen-bond acceptors (Lipinski definition) is 5. The van der Waals surface area contributed by atoms with Crippen LogP contribution in [0.4, 0.5) is 0 Å². The highest BCUT2D eigenvalue weighted by Gasteiger charge is 2.69. The topological polar surface area (TPSA) is 54.0 Å². The molecule has 5 nitrogen and oxygen atoms in total. The lowest BCUT2D eigenvalue weighted by Crippen LogP contribution is -2.87. The molecule has 0 saturated heterocycles. The van der Waals surface area contributed by atoms with Crippen molar-refractivity contribution in [3.05, 3.63) is 12.2 Å². The van der Waals surface area contributed by atoms with Crippen LogP contribution in [-0.4, -0.2) is 72.0 Å². The molecule has 0 unspecified atom stereocenters. The molecule has 0 atom stereocenters. The maximum atomic E-state index is 11.8. The molecular formula is C16H44O5Si7. The van der Waals surface area contributed by atoms with E-state index in [2.05, 4.69) is 65.5 Å². The number of hydrogen-bond donors (Lipinski definition) is 0. The molecule has 0 aliphatic rings. The van der Waals surface area contributed by atoms with Crippen molar-refractivity contribution in [2.24, 2.45) is 0 Å². The molecule has 0 amide bonds. The predicted octanol–water partition coefficient (Wildman–Crippen LogP) is 2.24. The van der Waals surface area contributed by atoms with Crippen LogP contribution in [0.3, 0.4) is 0 Å². The summed E-state index contributed by atoms with van der Waals surface area (Å²) in [4.78, 5) is 11.8. The van der Waals surface area contributed by atoms with Crippen LogP contribution < -0.4 is 0 Å². The van der Waals surface area contributed by atoms with Crippen LogP contribution in [-0.2, 0) is 21.9 Å². The van der Waals surface area contributed by atoms with E-state index in [-0.39, 0.29) is 5.97 Å². The Kier molecular flexibility index (Phi) is 12.1. The largest absolute Gasteiger partial charge is 0.463 e. The van der Waals surface area contributed by atoms with Gasteiger partial charge in [-0.25, -0.2) is 4.79 Å². The first-order chi connectivity index (χ1) is 12.8. The second-order valence-electron chi connectivity index (χ2n) is 8.76. The fraction of sp³-hybridized carbons (Fsp3) is 0.812. The van der Waals surface area contributed by atoms with Crippen LogP contribution >= 0.6 is 0 Å². The van der Waals surface area contributed by atoms with Gasteiger partial charge in [0.25, 0.3) is 0 Å². The zero-order chi connectivity index (χ0) is 22.2. The molecule has 0 radical (unpaired) electrons. The van der Waals surface area contributed by atoms with Gasteiger partial charge in [-0.1, -0.05) is 32.3 Å². The van der Waals surface area contributed by atoms with Gasteiger partial charge in [-0.05, 0) is 52.6 Å². The summed E-state index contributed by atoms with van der Waals surface area (Å²) in [5.74, 6) is -0.288. The van der Waals surface area contributed by atoms with E-state index >= 15 is 0 Å². The Hall–Kier alpha value is 0.608. The van der Waals surface area contributed by atoms with Crippen molar-refractivity contribution < 1.29 is 21.9 Å². The number of esters is 1. The van der Waals surface area contributed by atoms with Crippen molar-refractivity contribution in [1.29, 1.82) is 0 Å². The Balaban J connectivity index is 6.12. The van der Waals surface area contributed by atoms with Crippen LogP contribution in [0.15, 0.2) is 12.2 Å². The van der Waals surface area contributed by atoms with Crippen LogP contribution in [0.1, 0.15) is 13.3 Å². The molecular weight excluding hydrogens is 469 g/mol. The monoisotopic (exact) mass is 512 g/mol. The van der Waals surface area contributed by atoms with Crippen LogP contribution in [0.5, 0.6) is 0 Å². The number of ether oxygens (including phenoxy) is 1. The molecule has 28 heavy (non-hydrogen) atoms. The zero-order valence-corrected chi connectivity index (χ0v) is 28.2. The van der Waals surface area contributed by atoms with Crippen molar-refractivity contribution in [2.45, 2.75) is 78.3 Å². The van der Waals surface area contributed by atoms with Crippen molar-refractivity contribution in [3.63, 3.8) is 0 Å². The Morgan fingerprint density at radius 3 is 1.46 bits per heavy atom. The lowest BCUT2D eigenvalue weighted by atomic mass is 10.4. The molecule has 0 fully saturated rings. The number of carbonyl (C=O) groups excluding carboxylic acids is 1. The van der Waals surface area contributed by atoms with E-state index in [0.717, 1.165) is 12.5 Å². The predicted molar refractivity (Wildman–Crippen MR) is 140 cm³/mol. The first-order valence-electron chi connectivity index (χ1n) is 10.5. The fourth-order valence-corrected chi connectivity index (χ4v) is 105. The molecule has 0 aliphatic carbocycles. The maximum Gasteiger partial charge on any atom is 0.333 e. The lowest BCUT2D eigenvalue weighted by molar-refractivity contribution is -0.138. The third kappa shape index (κ3) is 6.55. The molecule has 0 rings (SSSR count). The normalized spacial score (nSPS) is 16.5. The van der Waals surface area contributed by atoms with Crippen LogP contribution in [0.25, 0.3) is 0 Å². The molecule has 0 heterocycles. The number of rotatable bonds is 14. The summed E-state index contributed by atoms with van der Waals surface area (Å²) in [6.45, 7) is 25.2. The van der Waals surface area contributed by atoms with E-state index in [9.17, 15) is 4.79 Å². The molecule has 0 bridgehead atoms. The molecule has 0 N–H and O–H groups in total. The summed E-state index contributed by atoms with van der Waals surface area (Å²) in [5.41, 5.74) is 0.462. The van der Waals surface area contributed by atoms with E-state index in [0.29, 0.717) is 12.2 Å². The SMILES string of the molecule is C=C(C)C(=O)OCCC[Si]([Si](C)(C)O[SiH2]C)([Si](C)(C)O[SiH2]C)[Si](C)(C)O[SiH2]C. The summed E-state index contributed by atoms with van der Waals surface area (Å²) in [6.07, 6.45) is 0.881. The maximum absolute atomic E-state index is 11.8. The van der Waals surface area contributed by atoms with E-state index < -0.39 is 59.4 Å². The second kappa shape index (κ2) is 11.9.